The molecule has 1 spiro atoms. The molecule has 4 aromatic rings. The van der Waals surface area contributed by atoms with Gasteiger partial charge in [0, 0.05) is 48.5 Å². The molecule has 4 aromatic heterocycles. The Hall–Kier alpha value is -3.13. The van der Waals surface area contributed by atoms with Crippen LogP contribution in [0.4, 0.5) is 5.82 Å². The van der Waals surface area contributed by atoms with Crippen molar-refractivity contribution in [1.82, 2.24) is 29.1 Å². The molecule has 6 rings (SSSR count). The Labute approximate surface area is 199 Å². The molecular formula is C22H20ClN9S. The Bertz CT molecular complexity index is 1380. The summed E-state index contributed by atoms with van der Waals surface area (Å²) in [6.07, 6.45) is 10.9. The number of nitriles is 1. The molecule has 2 aliphatic heterocycles. The van der Waals surface area contributed by atoms with Gasteiger partial charge in [0.25, 0.3) is 0 Å². The first-order valence-corrected chi connectivity index (χ1v) is 11.9. The number of hydrogen-bond donors (Lipinski definition) is 1. The average molecular weight is 478 g/mol. The third kappa shape index (κ3) is 3.35. The maximum Gasteiger partial charge on any atom is 0.159 e. The van der Waals surface area contributed by atoms with E-state index in [0.717, 1.165) is 53.9 Å². The maximum absolute atomic E-state index is 9.07. The molecule has 6 heterocycles. The standard InChI is InChI=1S/C22H20ClN9S/c23-19-16(2-6-31-12-14(9-24)29-21(19)31)33-18-11-26-17(10-27-18)30-7-3-22(4-8-30)13-32-15(20(22)25)1-5-28-32/h1-2,5-6,10-12,20H,3-4,7-8,13,25H2/t20-/m1/s1. The summed E-state index contributed by atoms with van der Waals surface area (Å²) in [5.74, 6) is 0.868. The first-order valence-electron chi connectivity index (χ1n) is 10.7. The number of pyridine rings is 1. The second-order valence-electron chi connectivity index (χ2n) is 8.52. The summed E-state index contributed by atoms with van der Waals surface area (Å²) < 4.78 is 3.80. The number of anilines is 1. The first kappa shape index (κ1) is 20.5. The van der Waals surface area contributed by atoms with Crippen LogP contribution in [0.15, 0.2) is 53.0 Å². The Morgan fingerprint density at radius 1 is 1.21 bits per heavy atom. The van der Waals surface area contributed by atoms with E-state index in [1.807, 2.05) is 36.8 Å². The summed E-state index contributed by atoms with van der Waals surface area (Å²) in [6, 6.07) is 5.99. The van der Waals surface area contributed by atoms with Gasteiger partial charge in [-0.05, 0) is 25.0 Å². The fourth-order valence-electron chi connectivity index (χ4n) is 4.87. The number of imidazole rings is 1. The minimum absolute atomic E-state index is 0.0356. The minimum atomic E-state index is 0.0356. The average Bonchev–Trinajstić information content (AvgIpc) is 3.53. The van der Waals surface area contributed by atoms with Crippen molar-refractivity contribution >= 4 is 34.8 Å². The van der Waals surface area contributed by atoms with Crippen LogP contribution in [0.1, 0.15) is 30.3 Å². The fourth-order valence-corrected chi connectivity index (χ4v) is 5.94. The van der Waals surface area contributed by atoms with Crippen molar-refractivity contribution < 1.29 is 0 Å². The van der Waals surface area contributed by atoms with Crippen LogP contribution in [0, 0.1) is 16.7 Å². The normalized spacial score (nSPS) is 19.2. The highest BCUT2D eigenvalue weighted by Gasteiger charge is 2.46. The predicted molar refractivity (Wildman–Crippen MR) is 124 cm³/mol. The van der Waals surface area contributed by atoms with E-state index in [1.54, 1.807) is 16.8 Å². The highest BCUT2D eigenvalue weighted by atomic mass is 35.5. The van der Waals surface area contributed by atoms with Gasteiger partial charge >= 0.3 is 0 Å². The third-order valence-electron chi connectivity index (χ3n) is 6.75. The summed E-state index contributed by atoms with van der Waals surface area (Å²) in [5.41, 5.74) is 8.69. The lowest BCUT2D eigenvalue weighted by atomic mass is 9.73. The van der Waals surface area contributed by atoms with Crippen LogP contribution in [-0.2, 0) is 6.54 Å². The zero-order chi connectivity index (χ0) is 22.6. The number of nitrogens with zero attached hydrogens (tertiary/aromatic N) is 8. The van der Waals surface area contributed by atoms with Crippen LogP contribution < -0.4 is 10.6 Å². The highest BCUT2D eigenvalue weighted by molar-refractivity contribution is 7.99. The summed E-state index contributed by atoms with van der Waals surface area (Å²) in [6.45, 7) is 2.68. The van der Waals surface area contributed by atoms with E-state index in [4.69, 9.17) is 22.6 Å². The summed E-state index contributed by atoms with van der Waals surface area (Å²) in [7, 11) is 0. The van der Waals surface area contributed by atoms with Crippen molar-refractivity contribution in [3.63, 3.8) is 0 Å². The molecule has 1 fully saturated rings. The maximum atomic E-state index is 9.07. The van der Waals surface area contributed by atoms with Crippen LogP contribution in [0.25, 0.3) is 5.65 Å². The number of piperidine rings is 1. The quantitative estimate of drug-likeness (QED) is 0.478. The van der Waals surface area contributed by atoms with Gasteiger partial charge in [-0.1, -0.05) is 23.4 Å². The van der Waals surface area contributed by atoms with Gasteiger partial charge in [0.15, 0.2) is 11.3 Å². The van der Waals surface area contributed by atoms with Crippen molar-refractivity contribution in [3.05, 3.63) is 59.5 Å². The molecule has 0 bridgehead atoms. The smallest absolute Gasteiger partial charge is 0.159 e. The molecule has 2 N–H and O–H groups in total. The van der Waals surface area contributed by atoms with E-state index in [0.29, 0.717) is 16.4 Å². The van der Waals surface area contributed by atoms with Crippen molar-refractivity contribution in [2.24, 2.45) is 11.1 Å². The van der Waals surface area contributed by atoms with Crippen LogP contribution in [0.5, 0.6) is 0 Å². The van der Waals surface area contributed by atoms with Crippen LogP contribution in [0.2, 0.25) is 5.02 Å². The second-order valence-corrected chi connectivity index (χ2v) is 9.96. The van der Waals surface area contributed by atoms with Gasteiger partial charge < -0.3 is 15.0 Å². The van der Waals surface area contributed by atoms with Crippen molar-refractivity contribution in [2.45, 2.75) is 35.3 Å². The van der Waals surface area contributed by atoms with Crippen molar-refractivity contribution in [2.75, 3.05) is 18.0 Å². The topological polar surface area (TPSA) is 114 Å². The first-order chi connectivity index (χ1) is 16.1. The van der Waals surface area contributed by atoms with Gasteiger partial charge in [-0.25, -0.2) is 15.0 Å². The molecule has 0 amide bonds. The van der Waals surface area contributed by atoms with Crippen LogP contribution in [-0.4, -0.2) is 42.2 Å². The lowest BCUT2D eigenvalue weighted by Crippen LogP contribution is -2.45. The molecule has 9 nitrogen and oxygen atoms in total. The van der Waals surface area contributed by atoms with E-state index in [9.17, 15) is 0 Å². The Balaban J connectivity index is 1.14. The van der Waals surface area contributed by atoms with Gasteiger partial charge in [0.1, 0.15) is 16.9 Å². The number of nitrogens with two attached hydrogens (primary N) is 1. The molecular weight excluding hydrogens is 458 g/mol. The molecule has 0 unspecified atom stereocenters. The van der Waals surface area contributed by atoms with Crippen molar-refractivity contribution in [1.29, 1.82) is 5.26 Å². The zero-order valence-corrected chi connectivity index (χ0v) is 19.2. The monoisotopic (exact) mass is 477 g/mol. The Kier molecular flexibility index (Phi) is 4.79. The lowest BCUT2D eigenvalue weighted by Gasteiger charge is -2.41. The SMILES string of the molecule is N#Cc1cn2ccc(Sc3cnc(N4CCC5(CC4)Cn4nccc4[C@H]5N)cn3)c(Cl)c2n1. The second kappa shape index (κ2) is 7.73. The zero-order valence-electron chi connectivity index (χ0n) is 17.6. The van der Waals surface area contributed by atoms with E-state index in [1.165, 1.54) is 11.8 Å². The predicted octanol–water partition coefficient (Wildman–Crippen LogP) is 3.30. The molecule has 0 saturated carbocycles. The van der Waals surface area contributed by atoms with Crippen LogP contribution in [0.3, 0.4) is 0 Å². The fraction of sp³-hybridized carbons (Fsp3) is 0.318. The summed E-state index contributed by atoms with van der Waals surface area (Å²) >= 11 is 7.95. The van der Waals surface area contributed by atoms with E-state index in [-0.39, 0.29) is 11.5 Å². The summed E-state index contributed by atoms with van der Waals surface area (Å²) in [5, 5.41) is 14.7. The molecule has 0 aliphatic carbocycles. The third-order valence-corrected chi connectivity index (χ3v) is 8.22. The van der Waals surface area contributed by atoms with Gasteiger partial charge in [0.05, 0.1) is 29.2 Å². The molecule has 166 valence electrons. The number of hydrogen-bond acceptors (Lipinski definition) is 8. The lowest BCUT2D eigenvalue weighted by molar-refractivity contribution is 0.170. The largest absolute Gasteiger partial charge is 0.355 e. The van der Waals surface area contributed by atoms with Gasteiger partial charge in [0.2, 0.25) is 0 Å². The molecule has 0 radical (unpaired) electrons. The number of halogens is 1. The molecule has 33 heavy (non-hydrogen) atoms. The number of fused-ring (bicyclic) bond motifs is 2. The van der Waals surface area contributed by atoms with E-state index in [2.05, 4.69) is 29.6 Å². The Morgan fingerprint density at radius 3 is 2.79 bits per heavy atom. The molecule has 0 aromatic carbocycles. The highest BCUT2D eigenvalue weighted by Crippen LogP contribution is 2.47. The number of rotatable bonds is 3. The minimum Gasteiger partial charge on any atom is -0.355 e. The number of aromatic nitrogens is 6. The molecule has 2 aliphatic rings. The molecule has 11 heteroatoms. The van der Waals surface area contributed by atoms with Crippen molar-refractivity contribution in [3.8, 4) is 6.07 Å². The summed E-state index contributed by atoms with van der Waals surface area (Å²) in [4.78, 5) is 16.6. The van der Waals surface area contributed by atoms with E-state index >= 15 is 0 Å². The van der Waals surface area contributed by atoms with Gasteiger partial charge in [-0.3, -0.25) is 4.68 Å². The van der Waals surface area contributed by atoms with Crippen LogP contribution >= 0.6 is 23.4 Å². The molecule has 1 atom stereocenters. The van der Waals surface area contributed by atoms with Gasteiger partial charge in [-0.15, -0.1) is 0 Å². The molecule has 1 saturated heterocycles. The Morgan fingerprint density at radius 2 is 2.06 bits per heavy atom. The van der Waals surface area contributed by atoms with E-state index < -0.39 is 0 Å². The van der Waals surface area contributed by atoms with Gasteiger partial charge in [-0.2, -0.15) is 10.4 Å².